The van der Waals surface area contributed by atoms with Crippen LogP contribution in [0.2, 0.25) is 0 Å². The van der Waals surface area contributed by atoms with Gasteiger partial charge in [0.2, 0.25) is 0 Å². The van der Waals surface area contributed by atoms with E-state index in [9.17, 15) is 0 Å². The molecule has 0 fully saturated rings. The lowest BCUT2D eigenvalue weighted by Crippen LogP contribution is -2.13. The first-order valence-electron chi connectivity index (χ1n) is 3.29. The van der Waals surface area contributed by atoms with E-state index in [-0.39, 0.29) is 0 Å². The third-order valence-corrected chi connectivity index (χ3v) is 1.05. The van der Waals surface area contributed by atoms with Gasteiger partial charge in [0, 0.05) is 5.57 Å². The van der Waals surface area contributed by atoms with E-state index in [0.717, 1.165) is 11.3 Å². The van der Waals surface area contributed by atoms with Gasteiger partial charge in [-0.2, -0.15) is 5.10 Å². The Morgan fingerprint density at radius 1 is 1.30 bits per heavy atom. The smallest absolute Gasteiger partial charge is 0.154 e. The van der Waals surface area contributed by atoms with Crippen molar-refractivity contribution in [2.75, 3.05) is 0 Å². The van der Waals surface area contributed by atoms with Crippen molar-refractivity contribution >= 4 is 11.5 Å². The fourth-order valence-corrected chi connectivity index (χ4v) is 0.435. The quantitative estimate of drug-likeness (QED) is 0.540. The SMILES string of the molecule is C=C1C(C)=NN=C1N.CC. The van der Waals surface area contributed by atoms with Crippen LogP contribution in [0.4, 0.5) is 0 Å². The zero-order chi connectivity index (χ0) is 8.15. The predicted octanol–water partition coefficient (Wildman–Crippen LogP) is 1.32. The fraction of sp³-hybridized carbons (Fsp3) is 0.429. The summed E-state index contributed by atoms with van der Waals surface area (Å²) >= 11 is 0. The molecule has 0 aromatic rings. The molecule has 3 heteroatoms. The highest BCUT2D eigenvalue weighted by atomic mass is 15.3. The summed E-state index contributed by atoms with van der Waals surface area (Å²) in [6.45, 7) is 9.45. The first-order chi connectivity index (χ1) is 4.72. The van der Waals surface area contributed by atoms with Gasteiger partial charge in [0.05, 0.1) is 5.71 Å². The van der Waals surface area contributed by atoms with Crippen molar-refractivity contribution in [3.05, 3.63) is 12.2 Å². The maximum atomic E-state index is 5.30. The lowest BCUT2D eigenvalue weighted by molar-refractivity contribution is 1.25. The summed E-state index contributed by atoms with van der Waals surface area (Å²) in [4.78, 5) is 0. The van der Waals surface area contributed by atoms with Gasteiger partial charge >= 0.3 is 0 Å². The Labute approximate surface area is 61.3 Å². The highest BCUT2D eigenvalue weighted by Gasteiger charge is 2.08. The van der Waals surface area contributed by atoms with E-state index in [0.29, 0.717) is 5.84 Å². The Morgan fingerprint density at radius 3 is 1.90 bits per heavy atom. The van der Waals surface area contributed by atoms with Gasteiger partial charge in [-0.05, 0) is 6.92 Å². The highest BCUT2D eigenvalue weighted by molar-refractivity contribution is 6.24. The van der Waals surface area contributed by atoms with Crippen LogP contribution in [0.25, 0.3) is 0 Å². The number of amidine groups is 1. The standard InChI is InChI=1S/C5H7N3.C2H6/c1-3-4(2)7-8-5(3)6;1-2/h1H2,2H3,(H2,6,8);1-2H3. The molecule has 3 nitrogen and oxygen atoms in total. The number of hydrogen-bond acceptors (Lipinski definition) is 3. The lowest BCUT2D eigenvalue weighted by Gasteiger charge is -1.89. The summed E-state index contributed by atoms with van der Waals surface area (Å²) in [7, 11) is 0. The highest BCUT2D eigenvalue weighted by Crippen LogP contribution is 2.02. The summed E-state index contributed by atoms with van der Waals surface area (Å²) < 4.78 is 0. The van der Waals surface area contributed by atoms with Crippen molar-refractivity contribution < 1.29 is 0 Å². The molecule has 0 saturated heterocycles. The molecule has 1 heterocycles. The van der Waals surface area contributed by atoms with Gasteiger partial charge in [0.1, 0.15) is 0 Å². The third-order valence-electron chi connectivity index (χ3n) is 1.05. The summed E-state index contributed by atoms with van der Waals surface area (Å²) in [6, 6.07) is 0. The van der Waals surface area contributed by atoms with Crippen LogP contribution in [0.3, 0.4) is 0 Å². The molecule has 0 atom stereocenters. The molecule has 0 amide bonds. The number of hydrogen-bond donors (Lipinski definition) is 1. The molecule has 10 heavy (non-hydrogen) atoms. The predicted molar refractivity (Wildman–Crippen MR) is 45.2 cm³/mol. The Morgan fingerprint density at radius 2 is 1.80 bits per heavy atom. The van der Waals surface area contributed by atoms with Crippen LogP contribution < -0.4 is 5.73 Å². The second kappa shape index (κ2) is 3.82. The second-order valence-electron chi connectivity index (χ2n) is 1.65. The van der Waals surface area contributed by atoms with Crippen LogP contribution in [-0.2, 0) is 0 Å². The summed E-state index contributed by atoms with van der Waals surface area (Å²) in [5, 5.41) is 7.26. The molecule has 0 aromatic heterocycles. The molecular formula is C7H13N3. The minimum Gasteiger partial charge on any atom is -0.382 e. The fourth-order valence-electron chi connectivity index (χ4n) is 0.435. The van der Waals surface area contributed by atoms with Crippen LogP contribution in [0.15, 0.2) is 22.4 Å². The van der Waals surface area contributed by atoms with Gasteiger partial charge in [-0.1, -0.05) is 20.4 Å². The maximum Gasteiger partial charge on any atom is 0.154 e. The van der Waals surface area contributed by atoms with Gasteiger partial charge in [-0.25, -0.2) is 0 Å². The molecule has 56 valence electrons. The van der Waals surface area contributed by atoms with Crippen molar-refractivity contribution in [3.8, 4) is 0 Å². The van der Waals surface area contributed by atoms with Crippen molar-refractivity contribution in [1.82, 2.24) is 0 Å². The van der Waals surface area contributed by atoms with Crippen molar-refractivity contribution in [1.29, 1.82) is 0 Å². The zero-order valence-electron chi connectivity index (χ0n) is 6.68. The van der Waals surface area contributed by atoms with E-state index in [2.05, 4.69) is 16.8 Å². The molecule has 0 unspecified atom stereocenters. The van der Waals surface area contributed by atoms with E-state index < -0.39 is 0 Å². The van der Waals surface area contributed by atoms with E-state index in [4.69, 9.17) is 5.73 Å². The Balaban J connectivity index is 0.000000371. The minimum atomic E-state index is 0.433. The molecule has 0 aliphatic carbocycles. The molecule has 1 rings (SSSR count). The van der Waals surface area contributed by atoms with Gasteiger partial charge in [-0.15, -0.1) is 5.10 Å². The Kier molecular flexibility index (Phi) is 3.39. The van der Waals surface area contributed by atoms with Crippen molar-refractivity contribution in [2.24, 2.45) is 15.9 Å². The molecule has 1 aliphatic rings. The third kappa shape index (κ3) is 1.69. The van der Waals surface area contributed by atoms with E-state index >= 15 is 0 Å². The van der Waals surface area contributed by atoms with Gasteiger partial charge in [-0.3, -0.25) is 0 Å². The average molecular weight is 139 g/mol. The topological polar surface area (TPSA) is 50.7 Å². The first kappa shape index (κ1) is 8.88. The average Bonchev–Trinajstić information content (AvgIpc) is 2.25. The van der Waals surface area contributed by atoms with Gasteiger partial charge in [0.15, 0.2) is 5.84 Å². The van der Waals surface area contributed by atoms with Gasteiger partial charge < -0.3 is 5.73 Å². The zero-order valence-corrected chi connectivity index (χ0v) is 6.68. The summed E-state index contributed by atoms with van der Waals surface area (Å²) in [6.07, 6.45) is 0. The van der Waals surface area contributed by atoms with Crippen molar-refractivity contribution in [3.63, 3.8) is 0 Å². The molecular weight excluding hydrogens is 126 g/mol. The number of rotatable bonds is 0. The minimum absolute atomic E-state index is 0.433. The summed E-state index contributed by atoms with van der Waals surface area (Å²) in [5.41, 5.74) is 6.85. The molecule has 1 aliphatic heterocycles. The monoisotopic (exact) mass is 139 g/mol. The van der Waals surface area contributed by atoms with Crippen LogP contribution >= 0.6 is 0 Å². The molecule has 0 saturated carbocycles. The normalized spacial score (nSPS) is 15.3. The van der Waals surface area contributed by atoms with Crippen LogP contribution in [0.5, 0.6) is 0 Å². The number of nitrogens with two attached hydrogens (primary N) is 1. The van der Waals surface area contributed by atoms with E-state index in [1.165, 1.54) is 0 Å². The molecule has 0 aromatic carbocycles. The van der Waals surface area contributed by atoms with Crippen molar-refractivity contribution in [2.45, 2.75) is 20.8 Å². The lowest BCUT2D eigenvalue weighted by atomic mass is 10.2. The Bertz CT molecular complexity index is 169. The largest absolute Gasteiger partial charge is 0.382 e. The van der Waals surface area contributed by atoms with Crippen LogP contribution in [-0.4, -0.2) is 11.5 Å². The maximum absolute atomic E-state index is 5.30. The van der Waals surface area contributed by atoms with Crippen LogP contribution in [0, 0.1) is 0 Å². The number of nitrogens with zero attached hydrogens (tertiary/aromatic N) is 2. The molecule has 0 radical (unpaired) electrons. The van der Waals surface area contributed by atoms with Crippen LogP contribution in [0.1, 0.15) is 20.8 Å². The van der Waals surface area contributed by atoms with E-state index in [1.54, 1.807) is 0 Å². The molecule has 2 N–H and O–H groups in total. The van der Waals surface area contributed by atoms with E-state index in [1.807, 2.05) is 20.8 Å². The Hall–Kier alpha value is -1.12. The summed E-state index contributed by atoms with van der Waals surface area (Å²) in [5.74, 6) is 0.433. The molecule has 0 bridgehead atoms. The molecule has 0 spiro atoms. The first-order valence-corrected chi connectivity index (χ1v) is 3.29. The van der Waals surface area contributed by atoms with Gasteiger partial charge in [0.25, 0.3) is 0 Å². The second-order valence-corrected chi connectivity index (χ2v) is 1.65.